The monoisotopic (exact) mass is 374 g/mol. The van der Waals surface area contributed by atoms with Crippen molar-refractivity contribution in [2.24, 2.45) is 0 Å². The molecule has 0 saturated heterocycles. The zero-order valence-corrected chi connectivity index (χ0v) is 15.5. The van der Waals surface area contributed by atoms with Crippen LogP contribution in [0, 0.1) is 0 Å². The molecule has 0 aliphatic heterocycles. The summed E-state index contributed by atoms with van der Waals surface area (Å²) in [5.74, 6) is -0.126. The van der Waals surface area contributed by atoms with Crippen LogP contribution < -0.4 is 15.4 Å². The van der Waals surface area contributed by atoms with Gasteiger partial charge < -0.3 is 30.7 Å². The predicted molar refractivity (Wildman–Crippen MR) is 102 cm³/mol. The van der Waals surface area contributed by atoms with Gasteiger partial charge in [-0.2, -0.15) is 0 Å². The van der Waals surface area contributed by atoms with Crippen LogP contribution in [0.2, 0.25) is 0 Å². The number of rotatable bonds is 9. The smallest absolute Gasteiger partial charge is 0.258 e. The zero-order chi connectivity index (χ0) is 19.9. The first-order chi connectivity index (χ1) is 12.8. The van der Waals surface area contributed by atoms with Gasteiger partial charge in [-0.05, 0) is 43.7 Å². The molecule has 0 aliphatic rings. The number of hydrogen-bond acceptors (Lipinski definition) is 6. The van der Waals surface area contributed by atoms with E-state index in [1.54, 1.807) is 12.1 Å². The first kappa shape index (κ1) is 20.5. The van der Waals surface area contributed by atoms with E-state index >= 15 is 0 Å². The quantitative estimate of drug-likeness (QED) is 0.427. The number of aliphatic hydroxyl groups is 1. The summed E-state index contributed by atoms with van der Waals surface area (Å²) in [7, 11) is 0. The second-order valence-electron chi connectivity index (χ2n) is 6.91. The molecule has 1 amide bonds. The highest BCUT2D eigenvalue weighted by Crippen LogP contribution is 2.27. The van der Waals surface area contributed by atoms with Crippen LogP contribution in [0.3, 0.4) is 0 Å². The number of ether oxygens (including phenoxy) is 1. The van der Waals surface area contributed by atoms with Crippen molar-refractivity contribution in [3.63, 3.8) is 0 Å². The van der Waals surface area contributed by atoms with Gasteiger partial charge in [0.25, 0.3) is 5.91 Å². The third-order valence-corrected chi connectivity index (χ3v) is 4.00. The number of carbonyl (C=O) groups excluding carboxylic acids is 1. The third-order valence-electron chi connectivity index (χ3n) is 4.00. The second-order valence-corrected chi connectivity index (χ2v) is 6.91. The molecule has 146 valence electrons. The van der Waals surface area contributed by atoms with Gasteiger partial charge in [-0.15, -0.1) is 0 Å². The van der Waals surface area contributed by atoms with E-state index in [9.17, 15) is 20.1 Å². The molecule has 0 fully saturated rings. The van der Waals surface area contributed by atoms with Crippen LogP contribution in [0.1, 0.15) is 25.5 Å². The highest BCUT2D eigenvalue weighted by atomic mass is 16.5. The standard InChI is InChI=1S/C20H26N2O5/c1-20(2,13-21-19(26)12-27-15-6-4-3-5-7-15)22-11-18(25)14-8-9-16(23)17(24)10-14/h3-10,18,22-25H,11-13H2,1-2H3,(H,21,26). The summed E-state index contributed by atoms with van der Waals surface area (Å²) in [4.78, 5) is 11.9. The van der Waals surface area contributed by atoms with E-state index in [1.165, 1.54) is 18.2 Å². The molecule has 2 aromatic rings. The number of aromatic hydroxyl groups is 2. The largest absolute Gasteiger partial charge is 0.504 e. The van der Waals surface area contributed by atoms with Gasteiger partial charge in [-0.3, -0.25) is 4.79 Å². The number of β-amino-alcohol motifs (C(OH)–C–C–N with tert-alkyl or cyclic N) is 1. The first-order valence-electron chi connectivity index (χ1n) is 8.66. The lowest BCUT2D eigenvalue weighted by atomic mass is 10.0. The van der Waals surface area contributed by atoms with E-state index in [0.29, 0.717) is 17.9 Å². The number of para-hydroxylation sites is 1. The lowest BCUT2D eigenvalue weighted by molar-refractivity contribution is -0.123. The van der Waals surface area contributed by atoms with Crippen molar-refractivity contribution in [3.05, 3.63) is 54.1 Å². The van der Waals surface area contributed by atoms with Crippen LogP contribution in [-0.2, 0) is 4.79 Å². The summed E-state index contributed by atoms with van der Waals surface area (Å²) >= 11 is 0. The average Bonchev–Trinajstić information content (AvgIpc) is 2.66. The van der Waals surface area contributed by atoms with Crippen LogP contribution in [-0.4, -0.2) is 46.5 Å². The second kappa shape index (κ2) is 9.25. The molecule has 0 saturated carbocycles. The van der Waals surface area contributed by atoms with Crippen LogP contribution in [0.5, 0.6) is 17.2 Å². The van der Waals surface area contributed by atoms with Gasteiger partial charge in [0.2, 0.25) is 0 Å². The van der Waals surface area contributed by atoms with E-state index in [4.69, 9.17) is 4.74 Å². The summed E-state index contributed by atoms with van der Waals surface area (Å²) in [5, 5.41) is 35.0. The van der Waals surface area contributed by atoms with Crippen molar-refractivity contribution in [1.82, 2.24) is 10.6 Å². The number of phenolic OH excluding ortho intramolecular Hbond substituents is 2. The van der Waals surface area contributed by atoms with Gasteiger partial charge in [0.1, 0.15) is 5.75 Å². The Kier molecular flexibility index (Phi) is 7.04. The fraction of sp³-hybridized carbons (Fsp3) is 0.350. The maximum absolute atomic E-state index is 11.9. The van der Waals surface area contributed by atoms with Crippen LogP contribution >= 0.6 is 0 Å². The summed E-state index contributed by atoms with van der Waals surface area (Å²) < 4.78 is 5.39. The summed E-state index contributed by atoms with van der Waals surface area (Å²) in [6, 6.07) is 13.3. The van der Waals surface area contributed by atoms with Crippen molar-refractivity contribution in [2.75, 3.05) is 19.7 Å². The van der Waals surface area contributed by atoms with Crippen LogP contribution in [0.4, 0.5) is 0 Å². The fourth-order valence-corrected chi connectivity index (χ4v) is 2.34. The van der Waals surface area contributed by atoms with Crippen molar-refractivity contribution in [2.45, 2.75) is 25.5 Å². The van der Waals surface area contributed by atoms with Gasteiger partial charge in [0, 0.05) is 18.6 Å². The molecule has 0 aromatic heterocycles. The van der Waals surface area contributed by atoms with Crippen molar-refractivity contribution in [3.8, 4) is 17.2 Å². The molecule has 2 aromatic carbocycles. The van der Waals surface area contributed by atoms with E-state index in [0.717, 1.165) is 0 Å². The Balaban J connectivity index is 1.75. The van der Waals surface area contributed by atoms with E-state index < -0.39 is 11.6 Å². The molecule has 0 spiro atoms. The number of benzene rings is 2. The highest BCUT2D eigenvalue weighted by molar-refractivity contribution is 5.77. The number of aliphatic hydroxyl groups excluding tert-OH is 1. The normalized spacial score (nSPS) is 12.4. The van der Waals surface area contributed by atoms with Crippen LogP contribution in [0.25, 0.3) is 0 Å². The van der Waals surface area contributed by atoms with E-state index in [-0.39, 0.29) is 30.6 Å². The van der Waals surface area contributed by atoms with Gasteiger partial charge in [-0.25, -0.2) is 0 Å². The Morgan fingerprint density at radius 2 is 1.81 bits per heavy atom. The molecule has 0 bridgehead atoms. The summed E-state index contributed by atoms with van der Waals surface area (Å²) in [5.41, 5.74) is 0.0106. The number of carbonyl (C=O) groups is 1. The molecule has 1 unspecified atom stereocenters. The topological polar surface area (TPSA) is 111 Å². The number of phenols is 2. The van der Waals surface area contributed by atoms with Crippen molar-refractivity contribution < 1.29 is 24.9 Å². The Hall–Kier alpha value is -2.77. The molecule has 0 aliphatic carbocycles. The molecule has 0 heterocycles. The fourth-order valence-electron chi connectivity index (χ4n) is 2.34. The minimum Gasteiger partial charge on any atom is -0.504 e. The Morgan fingerprint density at radius 1 is 1.11 bits per heavy atom. The highest BCUT2D eigenvalue weighted by Gasteiger charge is 2.20. The summed E-state index contributed by atoms with van der Waals surface area (Å²) in [6.07, 6.45) is -0.868. The first-order valence-corrected chi connectivity index (χ1v) is 8.66. The predicted octanol–water partition coefficient (Wildman–Crippen LogP) is 1.69. The zero-order valence-electron chi connectivity index (χ0n) is 15.5. The lowest BCUT2D eigenvalue weighted by Gasteiger charge is -2.28. The minimum absolute atomic E-state index is 0.0739. The molecule has 0 radical (unpaired) electrons. The Labute approximate surface area is 158 Å². The van der Waals surface area contributed by atoms with Gasteiger partial charge in [0.05, 0.1) is 6.10 Å². The van der Waals surface area contributed by atoms with Crippen LogP contribution in [0.15, 0.2) is 48.5 Å². The van der Waals surface area contributed by atoms with Gasteiger partial charge in [-0.1, -0.05) is 24.3 Å². The molecular formula is C20H26N2O5. The minimum atomic E-state index is -0.868. The third kappa shape index (κ3) is 6.80. The number of hydrogen-bond donors (Lipinski definition) is 5. The van der Waals surface area contributed by atoms with Gasteiger partial charge in [0.15, 0.2) is 18.1 Å². The van der Waals surface area contributed by atoms with E-state index in [2.05, 4.69) is 10.6 Å². The molecule has 1 atom stereocenters. The molecule has 5 N–H and O–H groups in total. The maximum Gasteiger partial charge on any atom is 0.258 e. The number of nitrogens with one attached hydrogen (secondary N) is 2. The van der Waals surface area contributed by atoms with Crippen molar-refractivity contribution in [1.29, 1.82) is 0 Å². The maximum atomic E-state index is 11.9. The Bertz CT molecular complexity index is 749. The molecule has 2 rings (SSSR count). The number of amides is 1. The van der Waals surface area contributed by atoms with Crippen molar-refractivity contribution >= 4 is 5.91 Å². The summed E-state index contributed by atoms with van der Waals surface area (Å²) in [6.45, 7) is 4.28. The molecule has 27 heavy (non-hydrogen) atoms. The lowest BCUT2D eigenvalue weighted by Crippen LogP contribution is -2.50. The Morgan fingerprint density at radius 3 is 2.48 bits per heavy atom. The van der Waals surface area contributed by atoms with Gasteiger partial charge >= 0.3 is 0 Å². The molecule has 7 nitrogen and oxygen atoms in total. The van der Waals surface area contributed by atoms with E-state index in [1.807, 2.05) is 32.0 Å². The molecular weight excluding hydrogens is 348 g/mol. The average molecular weight is 374 g/mol. The SMILES string of the molecule is CC(C)(CNC(=O)COc1ccccc1)NCC(O)c1ccc(O)c(O)c1. The molecule has 7 heteroatoms.